The summed E-state index contributed by atoms with van der Waals surface area (Å²) in [6, 6.07) is 11.3. The van der Waals surface area contributed by atoms with Gasteiger partial charge in [-0.2, -0.15) is 15.2 Å². The zero-order valence-electron chi connectivity index (χ0n) is 27.4. The lowest BCUT2D eigenvalue weighted by Gasteiger charge is -2.42. The van der Waals surface area contributed by atoms with E-state index in [9.17, 15) is 18.8 Å². The van der Waals surface area contributed by atoms with Crippen molar-refractivity contribution in [2.24, 2.45) is 5.41 Å². The molecule has 12 heteroatoms. The molecule has 1 atom stereocenters. The fourth-order valence-corrected chi connectivity index (χ4v) is 7.42. The van der Waals surface area contributed by atoms with Gasteiger partial charge in [-0.1, -0.05) is 24.8 Å². The van der Waals surface area contributed by atoms with Crippen molar-refractivity contribution >= 4 is 28.2 Å². The number of ether oxygens (including phenoxy) is 2. The van der Waals surface area contributed by atoms with Gasteiger partial charge in [0, 0.05) is 67.9 Å². The van der Waals surface area contributed by atoms with Gasteiger partial charge in [-0.05, 0) is 49.3 Å². The van der Waals surface area contributed by atoms with Crippen LogP contribution in [0.3, 0.4) is 0 Å². The fourth-order valence-electron chi connectivity index (χ4n) is 7.42. The number of rotatable bonds is 9. The van der Waals surface area contributed by atoms with Crippen LogP contribution >= 0.6 is 0 Å². The van der Waals surface area contributed by atoms with Crippen LogP contribution in [0.4, 0.5) is 20.3 Å². The molecule has 7 rings (SSSR count). The Bertz CT molecular complexity index is 1770. The number of morpholine rings is 1. The third-order valence-electron chi connectivity index (χ3n) is 10.3. The normalized spacial score (nSPS) is 20.7. The molecule has 48 heavy (non-hydrogen) atoms. The summed E-state index contributed by atoms with van der Waals surface area (Å²) in [5, 5.41) is 11.4. The molecule has 4 aliphatic rings. The highest BCUT2D eigenvalue weighted by Gasteiger charge is 2.45. The third kappa shape index (κ3) is 6.41. The first-order valence-corrected chi connectivity index (χ1v) is 16.8. The number of anilines is 2. The summed E-state index contributed by atoms with van der Waals surface area (Å²) >= 11 is 0. The summed E-state index contributed by atoms with van der Waals surface area (Å²) in [4.78, 5) is 30.7. The molecule has 3 aliphatic heterocycles. The molecule has 2 saturated heterocycles. The van der Waals surface area contributed by atoms with Crippen molar-refractivity contribution in [2.45, 2.75) is 45.2 Å². The van der Waals surface area contributed by atoms with E-state index < -0.39 is 17.8 Å². The molecule has 3 fully saturated rings. The van der Waals surface area contributed by atoms with Crippen LogP contribution in [-0.2, 0) is 22.5 Å². The molecule has 0 radical (unpaired) electrons. The number of aromatic nitrogens is 2. The lowest BCUT2D eigenvalue weighted by molar-refractivity contribution is -0.131. The number of halogens is 2. The van der Waals surface area contributed by atoms with Gasteiger partial charge in [0.15, 0.2) is 5.83 Å². The van der Waals surface area contributed by atoms with Crippen LogP contribution in [-0.4, -0.2) is 97.4 Å². The van der Waals surface area contributed by atoms with Crippen molar-refractivity contribution in [1.82, 2.24) is 19.8 Å². The van der Waals surface area contributed by atoms with Crippen LogP contribution in [0.2, 0.25) is 0 Å². The summed E-state index contributed by atoms with van der Waals surface area (Å²) in [7, 11) is 0. The van der Waals surface area contributed by atoms with E-state index >= 15 is 0 Å². The van der Waals surface area contributed by atoms with Crippen molar-refractivity contribution in [1.29, 1.82) is 5.26 Å². The molecule has 1 aliphatic carbocycles. The smallest absolute Gasteiger partial charge is 0.318 e. The molecule has 2 aromatic carbocycles. The minimum atomic E-state index is -1.03. The SMILES string of the molecule is C=C(F)C(=O)N1CCN(c2nc(OCC3(CN4CCOCC4)CC3)nc3c2CCN(c2cccc4ccc(F)c(C)c24)C3)C[C@@H]1CC#N. The number of nitrogens with zero attached hydrogens (tertiary/aromatic N) is 7. The van der Waals surface area contributed by atoms with Crippen LogP contribution in [0, 0.1) is 29.5 Å². The highest BCUT2D eigenvalue weighted by atomic mass is 19.1. The van der Waals surface area contributed by atoms with Crippen molar-refractivity contribution in [3.63, 3.8) is 0 Å². The quantitative estimate of drug-likeness (QED) is 0.307. The second-order valence-electron chi connectivity index (χ2n) is 13.5. The standard InChI is InChI=1S/C36H41F2N7O3/c1-24-29(38)7-6-26-4-3-5-31(32(24)26)43-13-9-28-30(21-43)40-35(48-23-36(10-11-36)22-42-16-18-47-19-17-42)41-33(28)44-14-15-45(34(46)25(2)37)27(20-44)8-12-39/h3-7,27H,2,8-11,13-23H2,1H3/t27-/m0/s1. The number of aryl methyl sites for hydroxylation is 1. The highest BCUT2D eigenvalue weighted by molar-refractivity contribution is 5.97. The van der Waals surface area contributed by atoms with Gasteiger partial charge in [0.05, 0.1) is 50.6 Å². The van der Waals surface area contributed by atoms with E-state index in [1.54, 1.807) is 0 Å². The molecular weight excluding hydrogens is 616 g/mol. The van der Waals surface area contributed by atoms with Crippen LogP contribution in [0.25, 0.3) is 10.8 Å². The number of carbonyl (C=O) groups is 1. The van der Waals surface area contributed by atoms with E-state index in [-0.39, 0.29) is 24.2 Å². The van der Waals surface area contributed by atoms with E-state index in [4.69, 9.17) is 19.4 Å². The average Bonchev–Trinajstić information content (AvgIpc) is 3.87. The van der Waals surface area contributed by atoms with Crippen molar-refractivity contribution in [3.8, 4) is 12.1 Å². The van der Waals surface area contributed by atoms with Crippen molar-refractivity contribution in [2.75, 3.05) is 75.4 Å². The summed E-state index contributed by atoms with van der Waals surface area (Å²) in [5.74, 6) is -1.33. The molecular formula is C36H41F2N7O3. The van der Waals surface area contributed by atoms with Gasteiger partial charge in [0.1, 0.15) is 11.6 Å². The van der Waals surface area contributed by atoms with Gasteiger partial charge >= 0.3 is 6.01 Å². The Morgan fingerprint density at radius 3 is 2.69 bits per heavy atom. The number of fused-ring (bicyclic) bond motifs is 2. The van der Waals surface area contributed by atoms with Crippen LogP contribution in [0.1, 0.15) is 36.1 Å². The number of benzene rings is 2. The number of nitriles is 1. The molecule has 0 spiro atoms. The molecule has 0 bridgehead atoms. The maximum Gasteiger partial charge on any atom is 0.318 e. The van der Waals surface area contributed by atoms with E-state index in [2.05, 4.69) is 27.3 Å². The highest BCUT2D eigenvalue weighted by Crippen LogP contribution is 2.47. The number of hydrogen-bond acceptors (Lipinski definition) is 9. The number of hydrogen-bond donors (Lipinski definition) is 0. The first-order valence-electron chi connectivity index (χ1n) is 16.8. The Hall–Kier alpha value is -4.34. The van der Waals surface area contributed by atoms with Crippen molar-refractivity contribution in [3.05, 3.63) is 65.4 Å². The first kappa shape index (κ1) is 32.2. The van der Waals surface area contributed by atoms with Gasteiger partial charge in [0.2, 0.25) is 0 Å². The molecule has 1 saturated carbocycles. The van der Waals surface area contributed by atoms with E-state index in [1.165, 1.54) is 11.0 Å². The monoisotopic (exact) mass is 657 g/mol. The molecule has 4 heterocycles. The van der Waals surface area contributed by atoms with Crippen LogP contribution < -0.4 is 14.5 Å². The van der Waals surface area contributed by atoms with Crippen LogP contribution in [0.5, 0.6) is 6.01 Å². The molecule has 252 valence electrons. The minimum absolute atomic E-state index is 0.0565. The van der Waals surface area contributed by atoms with Gasteiger partial charge in [-0.3, -0.25) is 9.69 Å². The predicted octanol–water partition coefficient (Wildman–Crippen LogP) is 4.55. The molecule has 10 nitrogen and oxygen atoms in total. The predicted molar refractivity (Wildman–Crippen MR) is 178 cm³/mol. The molecule has 0 N–H and O–H groups in total. The van der Waals surface area contributed by atoms with E-state index in [0.29, 0.717) is 50.8 Å². The van der Waals surface area contributed by atoms with Gasteiger partial charge < -0.3 is 24.2 Å². The number of piperazine rings is 1. The summed E-state index contributed by atoms with van der Waals surface area (Å²) in [6.07, 6.45) is 2.86. The largest absolute Gasteiger partial charge is 0.463 e. The Balaban J connectivity index is 1.20. The zero-order chi connectivity index (χ0) is 33.4. The molecule has 1 aromatic heterocycles. The molecule has 0 unspecified atom stereocenters. The third-order valence-corrected chi connectivity index (χ3v) is 10.3. The average molecular weight is 658 g/mol. The van der Waals surface area contributed by atoms with Crippen LogP contribution in [0.15, 0.2) is 42.7 Å². The maximum absolute atomic E-state index is 14.7. The minimum Gasteiger partial charge on any atom is -0.463 e. The second-order valence-corrected chi connectivity index (χ2v) is 13.5. The van der Waals surface area contributed by atoms with E-state index in [1.807, 2.05) is 31.2 Å². The number of carbonyl (C=O) groups excluding carboxylic acids is 1. The maximum atomic E-state index is 14.7. The van der Waals surface area contributed by atoms with Gasteiger partial charge in [-0.15, -0.1) is 0 Å². The van der Waals surface area contributed by atoms with Gasteiger partial charge in [-0.25, -0.2) is 8.78 Å². The summed E-state index contributed by atoms with van der Waals surface area (Å²) in [6.45, 7) is 11.9. The first-order chi connectivity index (χ1) is 23.2. The molecule has 3 aromatic rings. The lowest BCUT2D eigenvalue weighted by Crippen LogP contribution is -2.55. The Morgan fingerprint density at radius 2 is 1.94 bits per heavy atom. The topological polar surface area (TPSA) is 98.1 Å². The number of amides is 1. The lowest BCUT2D eigenvalue weighted by atomic mass is 9.99. The van der Waals surface area contributed by atoms with E-state index in [0.717, 1.165) is 79.2 Å². The Labute approximate surface area is 279 Å². The molecule has 1 amide bonds. The second kappa shape index (κ2) is 13.3. The Kier molecular flexibility index (Phi) is 8.92. The zero-order valence-corrected chi connectivity index (χ0v) is 27.4. The summed E-state index contributed by atoms with van der Waals surface area (Å²) < 4.78 is 40.6. The Morgan fingerprint density at radius 1 is 1.12 bits per heavy atom. The fraction of sp³-hybridized carbons (Fsp3) is 0.500. The summed E-state index contributed by atoms with van der Waals surface area (Å²) in [5.41, 5.74) is 3.45. The van der Waals surface area contributed by atoms with Gasteiger partial charge in [0.25, 0.3) is 5.91 Å². The van der Waals surface area contributed by atoms with Crippen molar-refractivity contribution < 1.29 is 23.0 Å².